The zero-order chi connectivity index (χ0) is 21.7. The van der Waals surface area contributed by atoms with E-state index in [1.165, 1.54) is 4.90 Å². The molecule has 0 aromatic heterocycles. The van der Waals surface area contributed by atoms with Gasteiger partial charge in [-0.15, -0.1) is 0 Å². The highest BCUT2D eigenvalue weighted by molar-refractivity contribution is 6.42. The molecule has 29 heavy (non-hydrogen) atoms. The number of nitrogens with zero attached hydrogens (tertiary/aromatic N) is 3. The van der Waals surface area contributed by atoms with E-state index >= 15 is 0 Å². The van der Waals surface area contributed by atoms with Crippen molar-refractivity contribution in [2.24, 2.45) is 15.9 Å². The van der Waals surface area contributed by atoms with E-state index < -0.39 is 0 Å². The Kier molecular flexibility index (Phi) is 7.99. The molecule has 0 bridgehead atoms. The predicted molar refractivity (Wildman–Crippen MR) is 118 cm³/mol. The molecule has 0 radical (unpaired) electrons. The smallest absolute Gasteiger partial charge is 0.279 e. The molecule has 1 aliphatic rings. The molecule has 2 rings (SSSR count). The lowest BCUT2D eigenvalue weighted by Gasteiger charge is -2.21. The molecule has 6 nitrogen and oxygen atoms in total. The van der Waals surface area contributed by atoms with Crippen molar-refractivity contribution in [3.8, 4) is 0 Å². The fourth-order valence-electron chi connectivity index (χ4n) is 2.98. The quantitative estimate of drug-likeness (QED) is 0.401. The lowest BCUT2D eigenvalue weighted by molar-refractivity contribution is -0.124. The molecule has 0 spiro atoms. The van der Waals surface area contributed by atoms with Crippen LogP contribution in [0.3, 0.4) is 0 Å². The van der Waals surface area contributed by atoms with E-state index in [-0.39, 0.29) is 35.4 Å². The van der Waals surface area contributed by atoms with E-state index in [0.717, 1.165) is 18.4 Å². The number of carbonyl (C=O) groups excluding carboxylic acids is 2. The van der Waals surface area contributed by atoms with Crippen LogP contribution in [0.15, 0.2) is 40.5 Å². The third-order valence-electron chi connectivity index (χ3n) is 4.65. The molecule has 1 aliphatic heterocycles. The molecule has 156 valence electrons. The van der Waals surface area contributed by atoms with Crippen molar-refractivity contribution < 1.29 is 9.59 Å². The third-order valence-corrected chi connectivity index (χ3v) is 5.39. The molecule has 2 amide bonds. The van der Waals surface area contributed by atoms with Crippen LogP contribution in [0, 0.1) is 5.92 Å². The highest BCUT2D eigenvalue weighted by atomic mass is 35.5. The minimum absolute atomic E-state index is 0.117. The van der Waals surface area contributed by atoms with Crippen LogP contribution in [-0.4, -0.2) is 34.6 Å². The third kappa shape index (κ3) is 5.67. The number of amidine groups is 1. The first kappa shape index (κ1) is 23.1. The standard InChI is InChI=1S/C21H26Cl2N4O2/c1-6-15(7-2)19(28)25-18(11-14-8-9-16(22)17(23)10-14)26-21-24-13(5)20(29)27(21)12(3)4/h8-10,12,15H,5-7,11H2,1-4H3,(H,24,25,26,28). The van der Waals surface area contributed by atoms with Crippen molar-refractivity contribution in [2.75, 3.05) is 0 Å². The largest absolute Gasteiger partial charge is 0.314 e. The van der Waals surface area contributed by atoms with Gasteiger partial charge in [0, 0.05) is 18.4 Å². The average molecular weight is 437 g/mol. The highest BCUT2D eigenvalue weighted by Gasteiger charge is 2.31. The van der Waals surface area contributed by atoms with Crippen LogP contribution in [0.2, 0.25) is 10.0 Å². The summed E-state index contributed by atoms with van der Waals surface area (Å²) in [6, 6.07) is 5.08. The Morgan fingerprint density at radius 3 is 2.45 bits per heavy atom. The Balaban J connectivity index is 2.40. The Labute approximate surface area is 181 Å². The minimum Gasteiger partial charge on any atom is -0.314 e. The van der Waals surface area contributed by atoms with Crippen molar-refractivity contribution in [1.29, 1.82) is 0 Å². The van der Waals surface area contributed by atoms with Crippen molar-refractivity contribution in [3.63, 3.8) is 0 Å². The first-order valence-electron chi connectivity index (χ1n) is 9.61. The molecule has 0 saturated carbocycles. The zero-order valence-corrected chi connectivity index (χ0v) is 18.6. The van der Waals surface area contributed by atoms with Gasteiger partial charge in [-0.3, -0.25) is 14.5 Å². The average Bonchev–Trinajstić information content (AvgIpc) is 2.92. The van der Waals surface area contributed by atoms with Gasteiger partial charge in [-0.05, 0) is 44.4 Å². The Morgan fingerprint density at radius 1 is 1.24 bits per heavy atom. The lowest BCUT2D eigenvalue weighted by atomic mass is 10.0. The summed E-state index contributed by atoms with van der Waals surface area (Å²) in [5, 5.41) is 3.77. The Bertz CT molecular complexity index is 873. The predicted octanol–water partition coefficient (Wildman–Crippen LogP) is 4.61. The van der Waals surface area contributed by atoms with Gasteiger partial charge >= 0.3 is 0 Å². The van der Waals surface area contributed by atoms with Crippen LogP contribution in [0.5, 0.6) is 0 Å². The highest BCUT2D eigenvalue weighted by Crippen LogP contribution is 2.23. The number of rotatable bonds is 6. The summed E-state index contributed by atoms with van der Waals surface area (Å²) in [6.07, 6.45) is 1.74. The van der Waals surface area contributed by atoms with Gasteiger partial charge in [0.15, 0.2) is 0 Å². The summed E-state index contributed by atoms with van der Waals surface area (Å²) >= 11 is 12.1. The number of amides is 2. The van der Waals surface area contributed by atoms with Gasteiger partial charge in [0.05, 0.1) is 10.0 Å². The number of halogens is 2. The van der Waals surface area contributed by atoms with E-state index in [2.05, 4.69) is 21.9 Å². The van der Waals surface area contributed by atoms with Gasteiger partial charge in [0.2, 0.25) is 11.9 Å². The van der Waals surface area contributed by atoms with Crippen LogP contribution in [0.4, 0.5) is 0 Å². The lowest BCUT2D eigenvalue weighted by Crippen LogP contribution is -2.41. The maximum Gasteiger partial charge on any atom is 0.279 e. The molecule has 0 aliphatic carbocycles. The van der Waals surface area contributed by atoms with Crippen LogP contribution in [0.1, 0.15) is 46.1 Å². The fraction of sp³-hybridized carbons (Fsp3) is 0.429. The van der Waals surface area contributed by atoms with E-state index in [0.29, 0.717) is 22.3 Å². The number of hydrogen-bond acceptors (Lipinski definition) is 4. The topological polar surface area (TPSA) is 74.1 Å². The van der Waals surface area contributed by atoms with Gasteiger partial charge in [-0.25, -0.2) is 4.99 Å². The Morgan fingerprint density at radius 2 is 1.90 bits per heavy atom. The van der Waals surface area contributed by atoms with Crippen molar-refractivity contribution in [3.05, 3.63) is 46.1 Å². The fourth-order valence-corrected chi connectivity index (χ4v) is 3.30. The normalized spacial score (nSPS) is 14.8. The maximum atomic E-state index is 12.7. The van der Waals surface area contributed by atoms with Gasteiger partial charge in [-0.1, -0.05) is 49.7 Å². The van der Waals surface area contributed by atoms with E-state index in [9.17, 15) is 9.59 Å². The van der Waals surface area contributed by atoms with Crippen molar-refractivity contribution in [1.82, 2.24) is 10.2 Å². The number of benzene rings is 1. The number of guanidine groups is 1. The molecule has 0 atom stereocenters. The molecule has 0 unspecified atom stereocenters. The zero-order valence-electron chi connectivity index (χ0n) is 17.1. The van der Waals surface area contributed by atoms with Gasteiger partial charge in [-0.2, -0.15) is 4.99 Å². The number of hydrogen-bond donors (Lipinski definition) is 1. The van der Waals surface area contributed by atoms with Crippen LogP contribution in [-0.2, 0) is 16.0 Å². The first-order chi connectivity index (χ1) is 13.7. The van der Waals surface area contributed by atoms with Crippen LogP contribution >= 0.6 is 23.2 Å². The number of carbonyl (C=O) groups is 2. The molecule has 1 aromatic carbocycles. The maximum absolute atomic E-state index is 12.7. The first-order valence-corrected chi connectivity index (χ1v) is 10.4. The van der Waals surface area contributed by atoms with Gasteiger partial charge < -0.3 is 5.32 Å². The summed E-state index contributed by atoms with van der Waals surface area (Å²) < 4.78 is 0. The second-order valence-electron chi connectivity index (χ2n) is 7.11. The summed E-state index contributed by atoms with van der Waals surface area (Å²) in [5.41, 5.74) is 0.945. The number of aliphatic imine (C=N–C) groups is 2. The molecule has 8 heteroatoms. The van der Waals surface area contributed by atoms with E-state index in [4.69, 9.17) is 23.2 Å². The summed E-state index contributed by atoms with van der Waals surface area (Å²) in [6.45, 7) is 11.3. The summed E-state index contributed by atoms with van der Waals surface area (Å²) in [4.78, 5) is 35.2. The van der Waals surface area contributed by atoms with Gasteiger partial charge in [0.25, 0.3) is 5.91 Å². The molecular weight excluding hydrogens is 411 g/mol. The minimum atomic E-state index is -0.293. The molecule has 1 aromatic rings. The van der Waals surface area contributed by atoms with Crippen molar-refractivity contribution in [2.45, 2.75) is 53.0 Å². The molecule has 1 N–H and O–H groups in total. The monoisotopic (exact) mass is 436 g/mol. The van der Waals surface area contributed by atoms with Crippen molar-refractivity contribution >= 4 is 46.8 Å². The summed E-state index contributed by atoms with van der Waals surface area (Å²) in [7, 11) is 0. The summed E-state index contributed by atoms with van der Waals surface area (Å²) in [5.74, 6) is 0.0621. The van der Waals surface area contributed by atoms with Crippen LogP contribution in [0.25, 0.3) is 0 Å². The second kappa shape index (κ2) is 10.0. The molecule has 0 saturated heterocycles. The molecular formula is C21H26Cl2N4O2. The SMILES string of the molecule is C=C1N=C(N=C(Cc2ccc(Cl)c(Cl)c2)NC(=O)C(CC)CC)N(C(C)C)C1=O. The van der Waals surface area contributed by atoms with Crippen LogP contribution < -0.4 is 5.32 Å². The van der Waals surface area contributed by atoms with Gasteiger partial charge in [0.1, 0.15) is 11.5 Å². The van der Waals surface area contributed by atoms with E-state index in [1.807, 2.05) is 33.8 Å². The number of nitrogens with one attached hydrogen (secondary N) is 1. The second-order valence-corrected chi connectivity index (χ2v) is 7.93. The molecule has 0 fully saturated rings. The van der Waals surface area contributed by atoms with E-state index in [1.54, 1.807) is 12.1 Å². The molecule has 1 heterocycles. The Hall–Kier alpha value is -2.18.